The maximum atomic E-state index is 11.4. The molecule has 4 nitrogen and oxygen atoms in total. The summed E-state index contributed by atoms with van der Waals surface area (Å²) < 4.78 is 10.3. The molecule has 0 fully saturated rings. The highest BCUT2D eigenvalue weighted by Gasteiger charge is 2.15. The summed E-state index contributed by atoms with van der Waals surface area (Å²) in [5.41, 5.74) is 1.44. The van der Waals surface area contributed by atoms with E-state index in [1.54, 1.807) is 12.1 Å². The third-order valence-electron chi connectivity index (χ3n) is 2.57. The zero-order valence-electron chi connectivity index (χ0n) is 9.45. The predicted molar refractivity (Wildman–Crippen MR) is 60.9 cm³/mol. The number of esters is 1. The molecule has 0 bridgehead atoms. The van der Waals surface area contributed by atoms with Crippen molar-refractivity contribution in [3.63, 3.8) is 0 Å². The molecule has 1 N–H and O–H groups in total. The van der Waals surface area contributed by atoms with Crippen LogP contribution in [0, 0.1) is 5.92 Å². The van der Waals surface area contributed by atoms with Gasteiger partial charge in [-0.05, 0) is 18.2 Å². The van der Waals surface area contributed by atoms with Crippen molar-refractivity contribution in [1.29, 1.82) is 0 Å². The van der Waals surface area contributed by atoms with Gasteiger partial charge in [-0.1, -0.05) is 6.92 Å². The van der Waals surface area contributed by atoms with E-state index in [0.29, 0.717) is 23.8 Å². The number of anilines is 1. The average Bonchev–Trinajstić information content (AvgIpc) is 2.50. The largest absolute Gasteiger partial charge is 0.491 e. The van der Waals surface area contributed by atoms with E-state index in [1.165, 1.54) is 7.11 Å². The zero-order chi connectivity index (χ0) is 11.5. The maximum Gasteiger partial charge on any atom is 0.337 e. The smallest absolute Gasteiger partial charge is 0.337 e. The molecule has 1 unspecified atom stereocenters. The molecule has 1 heterocycles. The molecule has 1 aromatic carbocycles. The fourth-order valence-corrected chi connectivity index (χ4v) is 1.61. The number of benzene rings is 1. The third kappa shape index (κ3) is 2.10. The molecule has 1 atom stereocenters. The van der Waals surface area contributed by atoms with Crippen LogP contribution in [0.2, 0.25) is 0 Å². The second-order valence-corrected chi connectivity index (χ2v) is 4.00. The number of hydrogen-bond donors (Lipinski definition) is 1. The molecule has 4 heteroatoms. The summed E-state index contributed by atoms with van der Waals surface area (Å²) in [7, 11) is 1.37. The van der Waals surface area contributed by atoms with E-state index in [9.17, 15) is 4.79 Å². The molecule has 1 aliphatic rings. The van der Waals surface area contributed by atoms with Gasteiger partial charge in [-0.15, -0.1) is 0 Å². The Balaban J connectivity index is 2.28. The molecular formula is C12H15NO3. The van der Waals surface area contributed by atoms with Gasteiger partial charge < -0.3 is 14.8 Å². The minimum Gasteiger partial charge on any atom is -0.491 e. The van der Waals surface area contributed by atoms with Gasteiger partial charge in [0.1, 0.15) is 5.75 Å². The number of rotatable bonds is 1. The number of hydrogen-bond acceptors (Lipinski definition) is 4. The summed E-state index contributed by atoms with van der Waals surface area (Å²) in [4.78, 5) is 11.4. The van der Waals surface area contributed by atoms with E-state index >= 15 is 0 Å². The quantitative estimate of drug-likeness (QED) is 0.736. The first-order chi connectivity index (χ1) is 7.70. The van der Waals surface area contributed by atoms with Gasteiger partial charge in [-0.3, -0.25) is 0 Å². The van der Waals surface area contributed by atoms with Crippen molar-refractivity contribution >= 4 is 11.7 Å². The molecule has 1 aromatic rings. The molecular weight excluding hydrogens is 206 g/mol. The van der Waals surface area contributed by atoms with Crippen LogP contribution in [0.3, 0.4) is 0 Å². The number of fused-ring (bicyclic) bond motifs is 1. The van der Waals surface area contributed by atoms with E-state index in [-0.39, 0.29) is 5.97 Å². The van der Waals surface area contributed by atoms with Gasteiger partial charge >= 0.3 is 5.97 Å². The van der Waals surface area contributed by atoms with Gasteiger partial charge in [0.05, 0.1) is 25.0 Å². The molecule has 0 aliphatic carbocycles. The molecule has 2 rings (SSSR count). The number of carbonyl (C=O) groups is 1. The SMILES string of the molecule is COC(=O)c1ccc2c(c1)OCC(C)CN2. The Labute approximate surface area is 94.6 Å². The second kappa shape index (κ2) is 4.43. The van der Waals surface area contributed by atoms with E-state index in [4.69, 9.17) is 4.74 Å². The van der Waals surface area contributed by atoms with Crippen molar-refractivity contribution < 1.29 is 14.3 Å². The Hall–Kier alpha value is -1.71. The Morgan fingerprint density at radius 3 is 3.12 bits per heavy atom. The number of methoxy groups -OCH3 is 1. The summed E-state index contributed by atoms with van der Waals surface area (Å²) >= 11 is 0. The van der Waals surface area contributed by atoms with Crippen molar-refractivity contribution in [2.24, 2.45) is 5.92 Å². The fraction of sp³-hybridized carbons (Fsp3) is 0.417. The Kier molecular flexibility index (Phi) is 2.99. The van der Waals surface area contributed by atoms with Crippen molar-refractivity contribution in [1.82, 2.24) is 0 Å². The fourth-order valence-electron chi connectivity index (χ4n) is 1.61. The minimum atomic E-state index is -0.344. The van der Waals surface area contributed by atoms with Crippen LogP contribution in [0.1, 0.15) is 17.3 Å². The normalized spacial score (nSPS) is 18.8. The summed E-state index contributed by atoms with van der Waals surface area (Å²) in [6.45, 7) is 3.65. The molecule has 0 saturated heterocycles. The lowest BCUT2D eigenvalue weighted by Gasteiger charge is -2.08. The first-order valence-electron chi connectivity index (χ1n) is 5.29. The summed E-state index contributed by atoms with van der Waals surface area (Å²) in [5.74, 6) is 0.824. The second-order valence-electron chi connectivity index (χ2n) is 4.00. The standard InChI is InChI=1S/C12H15NO3/c1-8-6-13-10-4-3-9(12(14)15-2)5-11(10)16-7-8/h3-5,8,13H,6-7H2,1-2H3. The monoisotopic (exact) mass is 221 g/mol. The number of ether oxygens (including phenoxy) is 2. The van der Waals surface area contributed by atoms with Crippen LogP contribution in [0.25, 0.3) is 0 Å². The van der Waals surface area contributed by atoms with Gasteiger partial charge in [0.25, 0.3) is 0 Å². The Bertz CT molecular complexity index is 403. The van der Waals surface area contributed by atoms with Crippen LogP contribution in [0.5, 0.6) is 5.75 Å². The topological polar surface area (TPSA) is 47.6 Å². The predicted octanol–water partition coefficient (Wildman–Crippen LogP) is 1.91. The molecule has 0 amide bonds. The highest BCUT2D eigenvalue weighted by Crippen LogP contribution is 2.28. The minimum absolute atomic E-state index is 0.344. The Morgan fingerprint density at radius 1 is 1.56 bits per heavy atom. The lowest BCUT2D eigenvalue weighted by Crippen LogP contribution is -2.13. The van der Waals surface area contributed by atoms with Crippen LogP contribution in [0.15, 0.2) is 18.2 Å². The molecule has 86 valence electrons. The lowest BCUT2D eigenvalue weighted by atomic mass is 10.2. The third-order valence-corrected chi connectivity index (χ3v) is 2.57. The lowest BCUT2D eigenvalue weighted by molar-refractivity contribution is 0.0600. The maximum absolute atomic E-state index is 11.4. The van der Waals surface area contributed by atoms with E-state index in [0.717, 1.165) is 12.2 Å². The van der Waals surface area contributed by atoms with Crippen LogP contribution >= 0.6 is 0 Å². The number of nitrogens with one attached hydrogen (secondary N) is 1. The summed E-state index contributed by atoms with van der Waals surface area (Å²) in [5, 5.41) is 3.28. The summed E-state index contributed by atoms with van der Waals surface area (Å²) in [6, 6.07) is 5.29. The first-order valence-corrected chi connectivity index (χ1v) is 5.29. The summed E-state index contributed by atoms with van der Waals surface area (Å²) in [6.07, 6.45) is 0. The highest BCUT2D eigenvalue weighted by atomic mass is 16.5. The first kappa shape index (κ1) is 10.8. The highest BCUT2D eigenvalue weighted by molar-refractivity contribution is 5.90. The van der Waals surface area contributed by atoms with E-state index < -0.39 is 0 Å². The van der Waals surface area contributed by atoms with Crippen molar-refractivity contribution in [2.45, 2.75) is 6.92 Å². The van der Waals surface area contributed by atoms with Crippen LogP contribution in [0.4, 0.5) is 5.69 Å². The average molecular weight is 221 g/mol. The Morgan fingerprint density at radius 2 is 2.38 bits per heavy atom. The van der Waals surface area contributed by atoms with E-state index in [2.05, 4.69) is 17.0 Å². The van der Waals surface area contributed by atoms with Gasteiger partial charge in [0.2, 0.25) is 0 Å². The van der Waals surface area contributed by atoms with Gasteiger partial charge in [-0.25, -0.2) is 4.79 Å². The van der Waals surface area contributed by atoms with Crippen LogP contribution in [-0.4, -0.2) is 26.2 Å². The molecule has 0 spiro atoms. The van der Waals surface area contributed by atoms with Crippen molar-refractivity contribution in [3.05, 3.63) is 23.8 Å². The van der Waals surface area contributed by atoms with Crippen LogP contribution < -0.4 is 10.1 Å². The van der Waals surface area contributed by atoms with Gasteiger partial charge in [-0.2, -0.15) is 0 Å². The molecule has 0 saturated carbocycles. The van der Waals surface area contributed by atoms with Gasteiger partial charge in [0, 0.05) is 12.5 Å². The van der Waals surface area contributed by atoms with Crippen molar-refractivity contribution in [2.75, 3.05) is 25.6 Å². The van der Waals surface area contributed by atoms with Gasteiger partial charge in [0.15, 0.2) is 0 Å². The zero-order valence-corrected chi connectivity index (χ0v) is 9.45. The molecule has 16 heavy (non-hydrogen) atoms. The van der Waals surface area contributed by atoms with E-state index in [1.807, 2.05) is 6.07 Å². The van der Waals surface area contributed by atoms with Crippen LogP contribution in [-0.2, 0) is 4.74 Å². The molecule has 0 radical (unpaired) electrons. The molecule has 1 aliphatic heterocycles. The van der Waals surface area contributed by atoms with Crippen molar-refractivity contribution in [3.8, 4) is 5.75 Å². The molecule has 0 aromatic heterocycles. The number of carbonyl (C=O) groups excluding carboxylic acids is 1.